The zero-order valence-electron chi connectivity index (χ0n) is 18.5. The normalized spacial score (nSPS) is 13.6. The first-order valence-electron chi connectivity index (χ1n) is 10.4. The monoisotopic (exact) mass is 502 g/mol. The summed E-state index contributed by atoms with van der Waals surface area (Å²) >= 11 is 2.68. The molecule has 2 amide bonds. The highest BCUT2D eigenvalue weighted by Crippen LogP contribution is 2.29. The van der Waals surface area contributed by atoms with Crippen molar-refractivity contribution in [1.29, 1.82) is 0 Å². The van der Waals surface area contributed by atoms with Crippen LogP contribution >= 0.6 is 23.1 Å². The summed E-state index contributed by atoms with van der Waals surface area (Å²) in [7, 11) is 1.29. The lowest BCUT2D eigenvalue weighted by Crippen LogP contribution is -2.49. The van der Waals surface area contributed by atoms with Crippen LogP contribution in [0.2, 0.25) is 0 Å². The molecule has 0 aliphatic carbocycles. The van der Waals surface area contributed by atoms with E-state index in [2.05, 4.69) is 25.6 Å². The number of amides is 2. The summed E-state index contributed by atoms with van der Waals surface area (Å²) in [6, 6.07) is 8.29. The van der Waals surface area contributed by atoms with Gasteiger partial charge in [-0.1, -0.05) is 40.4 Å². The largest absolute Gasteiger partial charge is 0.465 e. The Morgan fingerprint density at radius 2 is 1.88 bits per heavy atom. The second-order valence-electron chi connectivity index (χ2n) is 7.33. The molecule has 0 spiro atoms. The Morgan fingerprint density at radius 3 is 2.56 bits per heavy atom. The molecule has 1 aliphatic rings. The van der Waals surface area contributed by atoms with E-state index in [1.165, 1.54) is 30.2 Å². The van der Waals surface area contributed by atoms with Crippen molar-refractivity contribution >= 4 is 51.8 Å². The lowest BCUT2D eigenvalue weighted by Gasteiger charge is -2.34. The first-order chi connectivity index (χ1) is 16.4. The van der Waals surface area contributed by atoms with E-state index in [-0.39, 0.29) is 23.1 Å². The van der Waals surface area contributed by atoms with E-state index < -0.39 is 5.97 Å². The number of thioether (sulfide) groups is 1. The minimum absolute atomic E-state index is 0.169. The number of nitrogens with zero attached hydrogens (tertiary/aromatic N) is 5. The van der Waals surface area contributed by atoms with E-state index in [1.807, 2.05) is 0 Å². The molecule has 13 heteroatoms. The quantitative estimate of drug-likeness (QED) is 0.379. The summed E-state index contributed by atoms with van der Waals surface area (Å²) in [4.78, 5) is 40.8. The first-order valence-corrected chi connectivity index (χ1v) is 12.2. The number of hydrogen-bond acceptors (Lipinski definition) is 11. The molecule has 0 saturated carbocycles. The molecule has 1 aromatic carbocycles. The van der Waals surface area contributed by atoms with Gasteiger partial charge >= 0.3 is 5.97 Å². The van der Waals surface area contributed by atoms with Crippen LogP contribution in [0, 0.1) is 6.92 Å². The van der Waals surface area contributed by atoms with Crippen LogP contribution in [0.3, 0.4) is 0 Å². The van der Waals surface area contributed by atoms with Gasteiger partial charge in [-0.05, 0) is 19.1 Å². The SMILES string of the molecule is COC(=O)c1ccccc1C(=O)N1CCN(c2nnc(SCC(=O)Nc3cc(C)on3)s2)CC1. The molecule has 1 saturated heterocycles. The topological polar surface area (TPSA) is 131 Å². The summed E-state index contributed by atoms with van der Waals surface area (Å²) in [6.45, 7) is 3.87. The van der Waals surface area contributed by atoms with Gasteiger partial charge in [-0.25, -0.2) is 4.79 Å². The van der Waals surface area contributed by atoms with Crippen molar-refractivity contribution in [2.45, 2.75) is 11.3 Å². The lowest BCUT2D eigenvalue weighted by atomic mass is 10.1. The third-order valence-electron chi connectivity index (χ3n) is 5.02. The predicted molar refractivity (Wildman–Crippen MR) is 126 cm³/mol. The number of carbonyl (C=O) groups is 3. The fourth-order valence-electron chi connectivity index (χ4n) is 3.35. The van der Waals surface area contributed by atoms with Gasteiger partial charge in [-0.15, -0.1) is 10.2 Å². The Balaban J connectivity index is 1.29. The number of esters is 1. The first kappa shape index (κ1) is 23.7. The summed E-state index contributed by atoms with van der Waals surface area (Å²) in [6.07, 6.45) is 0. The molecule has 0 unspecified atom stereocenters. The van der Waals surface area contributed by atoms with Crippen LogP contribution in [-0.2, 0) is 9.53 Å². The molecule has 178 valence electrons. The number of nitrogens with one attached hydrogen (secondary N) is 1. The zero-order valence-corrected chi connectivity index (χ0v) is 20.1. The highest BCUT2D eigenvalue weighted by molar-refractivity contribution is 8.01. The summed E-state index contributed by atoms with van der Waals surface area (Å²) in [5, 5.41) is 15.5. The van der Waals surface area contributed by atoms with Crippen LogP contribution in [0.25, 0.3) is 0 Å². The van der Waals surface area contributed by atoms with Crippen molar-refractivity contribution in [3.8, 4) is 0 Å². The number of ether oxygens (including phenoxy) is 1. The third kappa shape index (κ3) is 5.54. The van der Waals surface area contributed by atoms with E-state index in [9.17, 15) is 14.4 Å². The van der Waals surface area contributed by atoms with E-state index in [1.54, 1.807) is 42.2 Å². The molecule has 1 N–H and O–H groups in total. The van der Waals surface area contributed by atoms with E-state index >= 15 is 0 Å². The Kier molecular flexibility index (Phi) is 7.43. The van der Waals surface area contributed by atoms with Gasteiger partial charge in [-0.3, -0.25) is 9.59 Å². The molecule has 0 radical (unpaired) electrons. The number of benzene rings is 1. The number of anilines is 2. The molecule has 3 heterocycles. The van der Waals surface area contributed by atoms with Crippen LogP contribution in [0.1, 0.15) is 26.5 Å². The smallest absolute Gasteiger partial charge is 0.338 e. The van der Waals surface area contributed by atoms with E-state index in [0.717, 1.165) is 5.13 Å². The molecule has 11 nitrogen and oxygen atoms in total. The molecule has 1 fully saturated rings. The maximum atomic E-state index is 13.0. The molecule has 0 bridgehead atoms. The molecule has 1 aliphatic heterocycles. The molecular weight excluding hydrogens is 480 g/mol. The number of aryl methyl sites for hydroxylation is 1. The minimum Gasteiger partial charge on any atom is -0.465 e. The maximum Gasteiger partial charge on any atom is 0.338 e. The minimum atomic E-state index is -0.536. The van der Waals surface area contributed by atoms with Crippen molar-refractivity contribution in [2.24, 2.45) is 0 Å². The third-order valence-corrected chi connectivity index (χ3v) is 7.14. The van der Waals surface area contributed by atoms with Gasteiger partial charge in [0.15, 0.2) is 10.2 Å². The van der Waals surface area contributed by atoms with Crippen molar-refractivity contribution < 1.29 is 23.6 Å². The number of rotatable bonds is 7. The van der Waals surface area contributed by atoms with Crippen LogP contribution in [-0.4, -0.2) is 77.1 Å². The number of aromatic nitrogens is 3. The number of piperazine rings is 1. The highest BCUT2D eigenvalue weighted by Gasteiger charge is 2.27. The molecule has 2 aromatic heterocycles. The fraction of sp³-hybridized carbons (Fsp3) is 0.333. The van der Waals surface area contributed by atoms with Gasteiger partial charge in [0.05, 0.1) is 24.0 Å². The van der Waals surface area contributed by atoms with Gasteiger partial charge in [-0.2, -0.15) is 0 Å². The summed E-state index contributed by atoms with van der Waals surface area (Å²) < 4.78 is 10.4. The molecule has 3 aromatic rings. The van der Waals surface area contributed by atoms with Gasteiger partial charge in [0.1, 0.15) is 5.76 Å². The average molecular weight is 503 g/mol. The highest BCUT2D eigenvalue weighted by atomic mass is 32.2. The number of hydrogen-bond donors (Lipinski definition) is 1. The fourth-order valence-corrected chi connectivity index (χ4v) is 5.04. The van der Waals surface area contributed by atoms with Crippen molar-refractivity contribution in [3.05, 3.63) is 47.2 Å². The molecule has 4 rings (SSSR count). The Hall–Kier alpha value is -3.45. The maximum absolute atomic E-state index is 13.0. The lowest BCUT2D eigenvalue weighted by molar-refractivity contribution is -0.113. The Bertz CT molecular complexity index is 1190. The van der Waals surface area contributed by atoms with Gasteiger partial charge < -0.3 is 24.4 Å². The van der Waals surface area contributed by atoms with Gasteiger partial charge in [0.25, 0.3) is 5.91 Å². The Morgan fingerprint density at radius 1 is 1.15 bits per heavy atom. The van der Waals surface area contributed by atoms with Crippen molar-refractivity contribution in [2.75, 3.05) is 49.3 Å². The predicted octanol–water partition coefficient (Wildman–Crippen LogP) is 2.31. The molecule has 0 atom stereocenters. The van der Waals surface area contributed by atoms with Gasteiger partial charge in [0.2, 0.25) is 11.0 Å². The van der Waals surface area contributed by atoms with Crippen LogP contribution < -0.4 is 10.2 Å². The number of carbonyl (C=O) groups excluding carboxylic acids is 3. The number of methoxy groups -OCH3 is 1. The molecule has 34 heavy (non-hydrogen) atoms. The van der Waals surface area contributed by atoms with Crippen LogP contribution in [0.15, 0.2) is 39.2 Å². The summed E-state index contributed by atoms with van der Waals surface area (Å²) in [5.74, 6) is 0.208. The van der Waals surface area contributed by atoms with Crippen LogP contribution in [0.5, 0.6) is 0 Å². The van der Waals surface area contributed by atoms with E-state index in [4.69, 9.17) is 9.26 Å². The zero-order chi connectivity index (χ0) is 24.1. The second-order valence-corrected chi connectivity index (χ2v) is 9.51. The molecular formula is C21H22N6O5S2. The van der Waals surface area contributed by atoms with E-state index in [0.29, 0.717) is 47.7 Å². The summed E-state index contributed by atoms with van der Waals surface area (Å²) in [5.41, 5.74) is 0.586. The van der Waals surface area contributed by atoms with Crippen molar-refractivity contribution in [3.63, 3.8) is 0 Å². The van der Waals surface area contributed by atoms with Crippen molar-refractivity contribution in [1.82, 2.24) is 20.3 Å². The van der Waals surface area contributed by atoms with Gasteiger partial charge in [0, 0.05) is 32.2 Å². The second kappa shape index (κ2) is 10.7. The Labute approximate surface area is 203 Å². The van der Waals surface area contributed by atoms with Crippen LogP contribution in [0.4, 0.5) is 10.9 Å². The standard InChI is InChI=1S/C21H22N6O5S2/c1-13-11-16(25-32-13)22-17(28)12-33-21-24-23-20(34-21)27-9-7-26(8-10-27)18(29)14-5-3-4-6-15(14)19(30)31-2/h3-6,11H,7-10,12H2,1-2H3,(H,22,25,28). The average Bonchev–Trinajstić information content (AvgIpc) is 3.50.